The second-order valence-corrected chi connectivity index (χ2v) is 11.9. The van der Waals surface area contributed by atoms with E-state index in [2.05, 4.69) is 74.2 Å². The Labute approximate surface area is 121 Å². The van der Waals surface area contributed by atoms with E-state index in [4.69, 9.17) is 4.74 Å². The predicted molar refractivity (Wildman–Crippen MR) is 90.3 cm³/mol. The Balaban J connectivity index is 2.22. The molecule has 3 rings (SSSR count). The summed E-state index contributed by atoms with van der Waals surface area (Å²) in [5.41, 5.74) is 0. The Hall–Kier alpha value is -1.80. The molecule has 0 radical (unpaired) electrons. The van der Waals surface area contributed by atoms with E-state index in [0.29, 0.717) is 0 Å². The lowest BCUT2D eigenvalue weighted by Gasteiger charge is -2.19. The lowest BCUT2D eigenvalue weighted by atomic mass is 10.0. The zero-order chi connectivity index (χ0) is 14.2. The number of rotatable bonds is 3. The highest BCUT2D eigenvalue weighted by molar-refractivity contribution is 6.76. The van der Waals surface area contributed by atoms with Gasteiger partial charge in [0.2, 0.25) is 0 Å². The molecule has 0 aliphatic heterocycles. The van der Waals surface area contributed by atoms with Crippen LogP contribution in [0.25, 0.3) is 21.5 Å². The van der Waals surface area contributed by atoms with Crippen LogP contribution in [0.2, 0.25) is 19.6 Å². The van der Waals surface area contributed by atoms with Gasteiger partial charge in [0, 0.05) is 10.8 Å². The van der Waals surface area contributed by atoms with Crippen LogP contribution in [0.5, 0.6) is 5.75 Å². The zero-order valence-electron chi connectivity index (χ0n) is 12.3. The van der Waals surface area contributed by atoms with Gasteiger partial charge in [-0.1, -0.05) is 68.2 Å². The van der Waals surface area contributed by atoms with Crippen molar-refractivity contribution >= 4 is 29.6 Å². The number of hydrogen-bond acceptors (Lipinski definition) is 1. The van der Waals surface area contributed by atoms with E-state index in [-0.39, 0.29) is 0 Å². The average Bonchev–Trinajstić information content (AvgIpc) is 2.42. The fourth-order valence-electron chi connectivity index (χ4n) is 2.42. The normalized spacial score (nSPS) is 11.9. The first kappa shape index (κ1) is 13.2. The number of fused-ring (bicyclic) bond motifs is 2. The molecule has 0 aromatic heterocycles. The van der Waals surface area contributed by atoms with Gasteiger partial charge < -0.3 is 4.74 Å². The van der Waals surface area contributed by atoms with Crippen LogP contribution < -0.4 is 4.74 Å². The molecule has 0 aliphatic rings. The van der Waals surface area contributed by atoms with Crippen molar-refractivity contribution in [2.45, 2.75) is 19.6 Å². The first-order valence-electron chi connectivity index (χ1n) is 7.08. The first-order valence-corrected chi connectivity index (χ1v) is 10.8. The third kappa shape index (κ3) is 2.56. The summed E-state index contributed by atoms with van der Waals surface area (Å²) in [4.78, 5) is 0. The third-order valence-electron chi connectivity index (χ3n) is 3.37. The molecule has 20 heavy (non-hydrogen) atoms. The molecule has 3 aromatic rings. The molecular formula is C18H20OSi. The van der Waals surface area contributed by atoms with Crippen molar-refractivity contribution < 1.29 is 4.74 Å². The van der Waals surface area contributed by atoms with E-state index in [1.807, 2.05) is 0 Å². The fourth-order valence-corrected chi connectivity index (χ4v) is 2.99. The smallest absolute Gasteiger partial charge is 0.134 e. The standard InChI is InChI=1S/C18H20OSi/c1-20(2,3)13-19-18-16-10-6-4-8-14(16)12-15-9-5-7-11-17(15)18/h4-12H,13H2,1-3H3. The molecule has 2 heteroatoms. The molecule has 0 amide bonds. The Morgan fingerprint density at radius 3 is 1.80 bits per heavy atom. The van der Waals surface area contributed by atoms with Gasteiger partial charge in [-0.05, 0) is 16.8 Å². The SMILES string of the molecule is C[Si](C)(C)COc1c2ccccc2cc2ccccc12. The third-order valence-corrected chi connectivity index (χ3v) is 4.38. The Kier molecular flexibility index (Phi) is 3.26. The van der Waals surface area contributed by atoms with Crippen molar-refractivity contribution in [1.29, 1.82) is 0 Å². The van der Waals surface area contributed by atoms with E-state index in [9.17, 15) is 0 Å². The first-order chi connectivity index (χ1) is 9.54. The van der Waals surface area contributed by atoms with Crippen LogP contribution in [0.15, 0.2) is 54.6 Å². The second-order valence-electron chi connectivity index (χ2n) is 6.50. The lowest BCUT2D eigenvalue weighted by Crippen LogP contribution is -2.30. The van der Waals surface area contributed by atoms with Gasteiger partial charge in [0.25, 0.3) is 0 Å². The Bertz CT molecular complexity index is 702. The molecule has 0 spiro atoms. The minimum Gasteiger partial charge on any atom is -0.496 e. The molecule has 0 atom stereocenters. The van der Waals surface area contributed by atoms with Gasteiger partial charge in [-0.3, -0.25) is 0 Å². The van der Waals surface area contributed by atoms with Gasteiger partial charge in [-0.2, -0.15) is 0 Å². The van der Waals surface area contributed by atoms with Crippen molar-refractivity contribution in [2.75, 3.05) is 6.23 Å². The molecule has 0 heterocycles. The molecule has 0 saturated carbocycles. The highest BCUT2D eigenvalue weighted by Gasteiger charge is 2.16. The Morgan fingerprint density at radius 1 is 0.800 bits per heavy atom. The largest absolute Gasteiger partial charge is 0.496 e. The van der Waals surface area contributed by atoms with Crippen LogP contribution in [0.1, 0.15) is 0 Å². The second kappa shape index (κ2) is 4.95. The average molecular weight is 280 g/mol. The minimum absolute atomic E-state index is 0.852. The molecular weight excluding hydrogens is 260 g/mol. The molecule has 0 aliphatic carbocycles. The maximum absolute atomic E-state index is 6.26. The van der Waals surface area contributed by atoms with Crippen molar-refractivity contribution in [3.8, 4) is 5.75 Å². The number of hydrogen-bond donors (Lipinski definition) is 0. The van der Waals surface area contributed by atoms with Gasteiger partial charge in [0.15, 0.2) is 0 Å². The molecule has 0 N–H and O–H groups in total. The summed E-state index contributed by atoms with van der Waals surface area (Å²) in [6.45, 7) is 7.00. The summed E-state index contributed by atoms with van der Waals surface area (Å²) in [5, 5.41) is 4.92. The summed E-state index contributed by atoms with van der Waals surface area (Å²) >= 11 is 0. The molecule has 102 valence electrons. The summed E-state index contributed by atoms with van der Waals surface area (Å²) < 4.78 is 6.26. The molecule has 3 aromatic carbocycles. The van der Waals surface area contributed by atoms with Gasteiger partial charge >= 0.3 is 0 Å². The topological polar surface area (TPSA) is 9.23 Å². The van der Waals surface area contributed by atoms with Crippen molar-refractivity contribution in [1.82, 2.24) is 0 Å². The van der Waals surface area contributed by atoms with E-state index in [1.54, 1.807) is 0 Å². The number of benzene rings is 3. The van der Waals surface area contributed by atoms with Crippen LogP contribution in [0.3, 0.4) is 0 Å². The van der Waals surface area contributed by atoms with Crippen LogP contribution >= 0.6 is 0 Å². The summed E-state index contributed by atoms with van der Waals surface area (Å²) in [7, 11) is -1.24. The fraction of sp³-hybridized carbons (Fsp3) is 0.222. The van der Waals surface area contributed by atoms with Crippen molar-refractivity contribution in [2.24, 2.45) is 0 Å². The highest BCUT2D eigenvalue weighted by atomic mass is 28.3. The van der Waals surface area contributed by atoms with Gasteiger partial charge in [0.05, 0.1) is 14.3 Å². The van der Waals surface area contributed by atoms with Crippen LogP contribution in [0.4, 0.5) is 0 Å². The summed E-state index contributed by atoms with van der Waals surface area (Å²) in [6.07, 6.45) is 0.852. The Morgan fingerprint density at radius 2 is 1.30 bits per heavy atom. The maximum atomic E-state index is 6.26. The predicted octanol–water partition coefficient (Wildman–Crippen LogP) is 5.25. The number of ether oxygens (including phenoxy) is 1. The van der Waals surface area contributed by atoms with E-state index in [1.165, 1.54) is 21.5 Å². The van der Waals surface area contributed by atoms with E-state index < -0.39 is 8.07 Å². The molecule has 0 saturated heterocycles. The molecule has 0 bridgehead atoms. The van der Waals surface area contributed by atoms with E-state index >= 15 is 0 Å². The van der Waals surface area contributed by atoms with Crippen molar-refractivity contribution in [3.05, 3.63) is 54.6 Å². The summed E-state index contributed by atoms with van der Waals surface area (Å²) in [6, 6.07) is 19.2. The monoisotopic (exact) mass is 280 g/mol. The quantitative estimate of drug-likeness (QED) is 0.470. The molecule has 1 nitrogen and oxygen atoms in total. The van der Waals surface area contributed by atoms with Gasteiger partial charge in [-0.25, -0.2) is 0 Å². The minimum atomic E-state index is -1.24. The molecule has 0 fully saturated rings. The van der Waals surface area contributed by atoms with Crippen molar-refractivity contribution in [3.63, 3.8) is 0 Å². The van der Waals surface area contributed by atoms with Crippen LogP contribution in [-0.4, -0.2) is 14.3 Å². The lowest BCUT2D eigenvalue weighted by molar-refractivity contribution is 0.387. The van der Waals surface area contributed by atoms with Crippen LogP contribution in [0, 0.1) is 0 Å². The summed E-state index contributed by atoms with van der Waals surface area (Å²) in [5.74, 6) is 1.04. The zero-order valence-corrected chi connectivity index (χ0v) is 13.3. The molecule has 0 unspecified atom stereocenters. The van der Waals surface area contributed by atoms with Crippen LogP contribution in [-0.2, 0) is 0 Å². The van der Waals surface area contributed by atoms with Gasteiger partial charge in [-0.15, -0.1) is 0 Å². The highest BCUT2D eigenvalue weighted by Crippen LogP contribution is 2.35. The van der Waals surface area contributed by atoms with E-state index in [0.717, 1.165) is 12.0 Å². The maximum Gasteiger partial charge on any atom is 0.134 e. The van der Waals surface area contributed by atoms with Gasteiger partial charge in [0.1, 0.15) is 5.75 Å².